The molecule has 1 aromatic carbocycles. The van der Waals surface area contributed by atoms with Crippen LogP contribution in [0.25, 0.3) is 0 Å². The van der Waals surface area contributed by atoms with Crippen LogP contribution in [0.2, 0.25) is 0 Å². The standard InChI is InChI=1S/C18H25NS/c1-14(19(5)13-17-7-6-12-20-17)15-8-10-16(11-9-15)18(2,3)4/h6-12,14H,13H2,1-5H3/t14-/m0/s1. The minimum absolute atomic E-state index is 0.227. The summed E-state index contributed by atoms with van der Waals surface area (Å²) in [5, 5.41) is 2.14. The Bertz CT molecular complexity index is 520. The molecule has 0 N–H and O–H groups in total. The molecule has 108 valence electrons. The van der Waals surface area contributed by atoms with Gasteiger partial charge < -0.3 is 0 Å². The molecule has 1 atom stereocenters. The van der Waals surface area contributed by atoms with Crippen molar-refractivity contribution < 1.29 is 0 Å². The zero-order chi connectivity index (χ0) is 14.8. The van der Waals surface area contributed by atoms with E-state index in [9.17, 15) is 0 Å². The molecule has 0 unspecified atom stereocenters. The quantitative estimate of drug-likeness (QED) is 0.743. The number of benzene rings is 1. The molecule has 1 nitrogen and oxygen atoms in total. The lowest BCUT2D eigenvalue weighted by Gasteiger charge is -2.26. The Labute approximate surface area is 127 Å². The first kappa shape index (κ1) is 15.3. The third kappa shape index (κ3) is 3.71. The van der Waals surface area contributed by atoms with Crippen LogP contribution in [0.4, 0.5) is 0 Å². The second-order valence-corrected chi connectivity index (χ2v) is 7.57. The van der Waals surface area contributed by atoms with Crippen molar-refractivity contribution in [3.63, 3.8) is 0 Å². The predicted octanol–water partition coefficient (Wildman–Crippen LogP) is 5.24. The zero-order valence-electron chi connectivity index (χ0n) is 13.2. The van der Waals surface area contributed by atoms with E-state index in [-0.39, 0.29) is 5.41 Å². The molecule has 0 saturated heterocycles. The molecule has 2 heteroatoms. The maximum Gasteiger partial charge on any atom is 0.0330 e. The van der Waals surface area contributed by atoms with Crippen LogP contribution in [-0.4, -0.2) is 11.9 Å². The fourth-order valence-electron chi connectivity index (χ4n) is 2.30. The molecule has 0 amide bonds. The van der Waals surface area contributed by atoms with Crippen LogP contribution in [0.5, 0.6) is 0 Å². The van der Waals surface area contributed by atoms with Crippen molar-refractivity contribution in [1.82, 2.24) is 4.90 Å². The fraction of sp³-hybridized carbons (Fsp3) is 0.444. The van der Waals surface area contributed by atoms with Crippen LogP contribution in [0.3, 0.4) is 0 Å². The molecule has 0 bridgehead atoms. The first-order chi connectivity index (χ1) is 9.38. The van der Waals surface area contributed by atoms with Crippen molar-refractivity contribution in [3.8, 4) is 0 Å². The number of hydrogen-bond acceptors (Lipinski definition) is 2. The molecule has 2 rings (SSSR count). The van der Waals surface area contributed by atoms with Crippen molar-refractivity contribution in [2.45, 2.75) is 45.7 Å². The molecule has 1 aromatic heterocycles. The Balaban J connectivity index is 2.07. The van der Waals surface area contributed by atoms with Gasteiger partial charge in [-0.2, -0.15) is 0 Å². The maximum absolute atomic E-state index is 2.40. The highest BCUT2D eigenvalue weighted by atomic mass is 32.1. The molecular formula is C18H25NS. The molecule has 0 aliphatic heterocycles. The van der Waals surface area contributed by atoms with Gasteiger partial charge in [-0.25, -0.2) is 0 Å². The molecule has 0 fully saturated rings. The van der Waals surface area contributed by atoms with E-state index < -0.39 is 0 Å². The summed E-state index contributed by atoms with van der Waals surface area (Å²) in [4.78, 5) is 3.82. The molecule has 2 aromatic rings. The summed E-state index contributed by atoms with van der Waals surface area (Å²) in [5.41, 5.74) is 3.01. The van der Waals surface area contributed by atoms with E-state index in [1.54, 1.807) is 0 Å². The third-order valence-corrected chi connectivity index (χ3v) is 4.77. The second-order valence-electron chi connectivity index (χ2n) is 6.54. The van der Waals surface area contributed by atoms with Crippen molar-refractivity contribution in [1.29, 1.82) is 0 Å². The molecule has 0 aliphatic carbocycles. The average molecular weight is 287 g/mol. The minimum Gasteiger partial charge on any atom is -0.295 e. The van der Waals surface area contributed by atoms with Gasteiger partial charge in [0.15, 0.2) is 0 Å². The lowest BCUT2D eigenvalue weighted by atomic mass is 9.86. The summed E-state index contributed by atoms with van der Waals surface area (Å²) < 4.78 is 0. The van der Waals surface area contributed by atoms with Gasteiger partial charge in [-0.05, 0) is 42.0 Å². The SMILES string of the molecule is C[C@@H](c1ccc(C(C)(C)C)cc1)N(C)Cc1cccs1. The highest BCUT2D eigenvalue weighted by Gasteiger charge is 2.16. The van der Waals surface area contributed by atoms with Crippen LogP contribution in [0.1, 0.15) is 49.7 Å². The van der Waals surface area contributed by atoms with Gasteiger partial charge in [0.2, 0.25) is 0 Å². The van der Waals surface area contributed by atoms with Crippen LogP contribution in [-0.2, 0) is 12.0 Å². The number of thiophene rings is 1. The average Bonchev–Trinajstić information content (AvgIpc) is 2.90. The fourth-order valence-corrected chi connectivity index (χ4v) is 3.07. The normalized spacial score (nSPS) is 13.7. The number of hydrogen-bond donors (Lipinski definition) is 0. The van der Waals surface area contributed by atoms with E-state index in [1.165, 1.54) is 16.0 Å². The summed E-state index contributed by atoms with van der Waals surface area (Å²) >= 11 is 1.83. The molecule has 0 aliphatic rings. The van der Waals surface area contributed by atoms with E-state index in [1.807, 2.05) is 11.3 Å². The summed E-state index contributed by atoms with van der Waals surface area (Å²) in [6.45, 7) is 10.1. The van der Waals surface area contributed by atoms with Gasteiger partial charge in [-0.1, -0.05) is 51.1 Å². The van der Waals surface area contributed by atoms with Gasteiger partial charge in [0.1, 0.15) is 0 Å². The summed E-state index contributed by atoms with van der Waals surface area (Å²) in [7, 11) is 2.20. The summed E-state index contributed by atoms with van der Waals surface area (Å²) in [6.07, 6.45) is 0. The van der Waals surface area contributed by atoms with Crippen molar-refractivity contribution in [3.05, 3.63) is 57.8 Å². The Morgan fingerprint density at radius 3 is 2.25 bits per heavy atom. The highest BCUT2D eigenvalue weighted by molar-refractivity contribution is 7.09. The Morgan fingerprint density at radius 2 is 1.75 bits per heavy atom. The third-order valence-electron chi connectivity index (χ3n) is 3.91. The molecular weight excluding hydrogens is 262 g/mol. The van der Waals surface area contributed by atoms with Crippen LogP contribution in [0, 0.1) is 0 Å². The maximum atomic E-state index is 2.40. The largest absolute Gasteiger partial charge is 0.295 e. The van der Waals surface area contributed by atoms with Crippen LogP contribution < -0.4 is 0 Å². The molecule has 0 radical (unpaired) electrons. The number of rotatable bonds is 4. The molecule has 20 heavy (non-hydrogen) atoms. The monoisotopic (exact) mass is 287 g/mol. The van der Waals surface area contributed by atoms with Crippen molar-refractivity contribution >= 4 is 11.3 Å². The van der Waals surface area contributed by atoms with E-state index in [4.69, 9.17) is 0 Å². The van der Waals surface area contributed by atoms with Crippen LogP contribution >= 0.6 is 11.3 Å². The van der Waals surface area contributed by atoms with E-state index in [0.717, 1.165) is 6.54 Å². The lowest BCUT2D eigenvalue weighted by molar-refractivity contribution is 0.255. The Morgan fingerprint density at radius 1 is 1.10 bits per heavy atom. The second kappa shape index (κ2) is 6.11. The van der Waals surface area contributed by atoms with Crippen molar-refractivity contribution in [2.75, 3.05) is 7.05 Å². The van der Waals surface area contributed by atoms with Gasteiger partial charge in [-0.3, -0.25) is 4.90 Å². The Kier molecular flexibility index (Phi) is 4.66. The summed E-state index contributed by atoms with van der Waals surface area (Å²) in [6, 6.07) is 13.8. The predicted molar refractivity (Wildman–Crippen MR) is 89.3 cm³/mol. The number of nitrogens with zero attached hydrogens (tertiary/aromatic N) is 1. The molecule has 0 saturated carbocycles. The van der Waals surface area contributed by atoms with E-state index >= 15 is 0 Å². The van der Waals surface area contributed by atoms with E-state index in [2.05, 4.69) is 81.4 Å². The van der Waals surface area contributed by atoms with Crippen molar-refractivity contribution in [2.24, 2.45) is 0 Å². The minimum atomic E-state index is 0.227. The van der Waals surface area contributed by atoms with Gasteiger partial charge in [-0.15, -0.1) is 11.3 Å². The van der Waals surface area contributed by atoms with Gasteiger partial charge in [0.05, 0.1) is 0 Å². The lowest BCUT2D eigenvalue weighted by Crippen LogP contribution is -2.21. The van der Waals surface area contributed by atoms with Crippen LogP contribution in [0.15, 0.2) is 41.8 Å². The summed E-state index contributed by atoms with van der Waals surface area (Å²) in [5.74, 6) is 0. The van der Waals surface area contributed by atoms with Gasteiger partial charge in [0.25, 0.3) is 0 Å². The van der Waals surface area contributed by atoms with E-state index in [0.29, 0.717) is 6.04 Å². The topological polar surface area (TPSA) is 3.24 Å². The van der Waals surface area contributed by atoms with Gasteiger partial charge >= 0.3 is 0 Å². The molecule has 0 spiro atoms. The smallest absolute Gasteiger partial charge is 0.0330 e. The van der Waals surface area contributed by atoms with Gasteiger partial charge in [0, 0.05) is 17.5 Å². The Hall–Kier alpha value is -1.12. The first-order valence-electron chi connectivity index (χ1n) is 7.21. The molecule has 1 heterocycles. The highest BCUT2D eigenvalue weighted by Crippen LogP contribution is 2.26. The first-order valence-corrected chi connectivity index (χ1v) is 8.09. The zero-order valence-corrected chi connectivity index (χ0v) is 14.0.